The first-order chi connectivity index (χ1) is 10.7. The number of hydrogen-bond acceptors (Lipinski definition) is 5. The van der Waals surface area contributed by atoms with Crippen LogP contribution in [0.1, 0.15) is 26.7 Å². The molecule has 0 atom stereocenters. The number of benzene rings is 1. The van der Waals surface area contributed by atoms with Gasteiger partial charge >= 0.3 is 0 Å². The molecule has 1 saturated heterocycles. The summed E-state index contributed by atoms with van der Waals surface area (Å²) in [4.78, 5) is 12.7. The molecule has 0 spiro atoms. The lowest BCUT2D eigenvalue weighted by atomic mass is 9.99. The van der Waals surface area contributed by atoms with Crippen LogP contribution in [-0.4, -0.2) is 37.8 Å². The second-order valence-electron chi connectivity index (χ2n) is 5.26. The Bertz CT molecular complexity index is 501. The normalized spacial score (nSPS) is 17.8. The fourth-order valence-corrected chi connectivity index (χ4v) is 2.81. The molecule has 1 fully saturated rings. The minimum absolute atomic E-state index is 0.0802. The zero-order chi connectivity index (χ0) is 15.9. The van der Waals surface area contributed by atoms with Gasteiger partial charge in [-0.1, -0.05) is 13.8 Å². The first-order valence-electron chi connectivity index (χ1n) is 7.98. The molecule has 22 heavy (non-hydrogen) atoms. The van der Waals surface area contributed by atoms with Gasteiger partial charge in [0.05, 0.1) is 23.2 Å². The smallest absolute Gasteiger partial charge is 0.273 e. The molecule has 0 amide bonds. The quantitative estimate of drug-likeness (QED) is 0.633. The summed E-state index contributed by atoms with van der Waals surface area (Å²) in [6.45, 7) is 8.06. The molecule has 1 aromatic rings. The van der Waals surface area contributed by atoms with Crippen molar-refractivity contribution in [3.63, 3.8) is 0 Å². The molecule has 0 radical (unpaired) electrons. The third kappa shape index (κ3) is 3.88. The number of anilines is 1. The van der Waals surface area contributed by atoms with Crippen molar-refractivity contribution in [2.24, 2.45) is 5.92 Å². The van der Waals surface area contributed by atoms with Crippen LogP contribution in [0.25, 0.3) is 0 Å². The van der Waals surface area contributed by atoms with Gasteiger partial charge in [0.15, 0.2) is 0 Å². The third-order valence-electron chi connectivity index (χ3n) is 3.93. The van der Waals surface area contributed by atoms with Crippen LogP contribution in [0.2, 0.25) is 0 Å². The Kier molecular flexibility index (Phi) is 6.00. The summed E-state index contributed by atoms with van der Waals surface area (Å²) >= 11 is 0. The second-order valence-corrected chi connectivity index (χ2v) is 5.26. The van der Waals surface area contributed by atoms with Gasteiger partial charge in [0.1, 0.15) is 12.4 Å². The Morgan fingerprint density at radius 1 is 1.27 bits per heavy atom. The van der Waals surface area contributed by atoms with E-state index in [9.17, 15) is 10.1 Å². The largest absolute Gasteiger partial charge is 0.489 e. The molecule has 6 nitrogen and oxygen atoms in total. The average molecular weight is 308 g/mol. The Hall–Kier alpha value is -1.82. The van der Waals surface area contributed by atoms with Crippen molar-refractivity contribution < 1.29 is 14.4 Å². The summed E-state index contributed by atoms with van der Waals surface area (Å²) in [5.74, 6) is 1.25. The van der Waals surface area contributed by atoms with Gasteiger partial charge < -0.3 is 14.4 Å². The van der Waals surface area contributed by atoms with Crippen molar-refractivity contribution >= 4 is 11.4 Å². The lowest BCUT2D eigenvalue weighted by Gasteiger charge is -2.35. The summed E-state index contributed by atoms with van der Waals surface area (Å²) in [5, 5.41) is 10.8. The van der Waals surface area contributed by atoms with Gasteiger partial charge in [-0.25, -0.2) is 0 Å². The lowest BCUT2D eigenvalue weighted by molar-refractivity contribution is -0.384. The first kappa shape index (κ1) is 16.5. The van der Waals surface area contributed by atoms with E-state index in [1.807, 2.05) is 13.8 Å². The number of nitro groups is 1. The van der Waals surface area contributed by atoms with Crippen molar-refractivity contribution in [1.29, 1.82) is 0 Å². The molecule has 2 aliphatic heterocycles. The first-order valence-corrected chi connectivity index (χ1v) is 7.98. The van der Waals surface area contributed by atoms with E-state index in [1.165, 1.54) is 6.07 Å². The van der Waals surface area contributed by atoms with Crippen LogP contribution in [0.4, 0.5) is 11.4 Å². The third-order valence-corrected chi connectivity index (χ3v) is 3.93. The molecule has 2 heterocycles. The number of rotatable bonds is 3. The summed E-state index contributed by atoms with van der Waals surface area (Å²) in [6.07, 6.45) is 2.17. The summed E-state index contributed by atoms with van der Waals surface area (Å²) in [7, 11) is 0. The van der Waals surface area contributed by atoms with Crippen molar-refractivity contribution in [2.45, 2.75) is 26.7 Å². The molecule has 0 bridgehead atoms. The number of ether oxygens (including phenoxy) is 2. The highest BCUT2D eigenvalue weighted by Crippen LogP contribution is 2.35. The van der Waals surface area contributed by atoms with E-state index in [-0.39, 0.29) is 10.6 Å². The van der Waals surface area contributed by atoms with Crippen LogP contribution in [0.15, 0.2) is 18.2 Å². The van der Waals surface area contributed by atoms with Gasteiger partial charge in [0, 0.05) is 25.8 Å². The summed E-state index contributed by atoms with van der Waals surface area (Å²) in [5.41, 5.74) is 1.05. The molecule has 0 aromatic heterocycles. The van der Waals surface area contributed by atoms with E-state index in [0.717, 1.165) is 44.8 Å². The van der Waals surface area contributed by atoms with Crippen molar-refractivity contribution in [3.05, 3.63) is 28.3 Å². The van der Waals surface area contributed by atoms with Crippen LogP contribution in [0.3, 0.4) is 0 Å². The van der Waals surface area contributed by atoms with Crippen LogP contribution >= 0.6 is 0 Å². The Balaban J connectivity index is 0.000000847. The maximum Gasteiger partial charge on any atom is 0.273 e. The monoisotopic (exact) mass is 308 g/mol. The van der Waals surface area contributed by atoms with E-state index in [2.05, 4.69) is 4.90 Å². The molecule has 0 saturated carbocycles. The van der Waals surface area contributed by atoms with Crippen molar-refractivity contribution in [3.8, 4) is 5.75 Å². The Morgan fingerprint density at radius 3 is 2.68 bits per heavy atom. The van der Waals surface area contributed by atoms with Gasteiger partial charge in [0.25, 0.3) is 5.69 Å². The molecule has 6 heteroatoms. The maximum absolute atomic E-state index is 10.8. The van der Waals surface area contributed by atoms with E-state index >= 15 is 0 Å². The van der Waals surface area contributed by atoms with E-state index in [1.54, 1.807) is 12.1 Å². The molecule has 3 rings (SSSR count). The van der Waals surface area contributed by atoms with Gasteiger partial charge in [-0.3, -0.25) is 10.1 Å². The maximum atomic E-state index is 10.8. The number of fused-ring (bicyclic) bond motifs is 1. The van der Waals surface area contributed by atoms with Crippen LogP contribution in [0.5, 0.6) is 5.75 Å². The van der Waals surface area contributed by atoms with Crippen LogP contribution < -0.4 is 9.64 Å². The summed E-state index contributed by atoms with van der Waals surface area (Å²) < 4.78 is 10.9. The second kappa shape index (κ2) is 7.98. The molecule has 0 unspecified atom stereocenters. The van der Waals surface area contributed by atoms with Gasteiger partial charge in [-0.15, -0.1) is 0 Å². The van der Waals surface area contributed by atoms with Crippen molar-refractivity contribution in [1.82, 2.24) is 0 Å². The molecule has 122 valence electrons. The SMILES string of the molecule is CC.O=[N+]([O-])c1ccc2c(c1)OCCN2CC1CCOCC1. The van der Waals surface area contributed by atoms with Crippen LogP contribution in [-0.2, 0) is 4.74 Å². The van der Waals surface area contributed by atoms with Crippen molar-refractivity contribution in [2.75, 3.05) is 37.8 Å². The van der Waals surface area contributed by atoms with Gasteiger partial charge in [-0.2, -0.15) is 0 Å². The molecule has 1 aromatic carbocycles. The predicted molar refractivity (Wildman–Crippen MR) is 85.7 cm³/mol. The van der Waals surface area contributed by atoms with E-state index in [0.29, 0.717) is 18.3 Å². The average Bonchev–Trinajstić information content (AvgIpc) is 2.57. The highest BCUT2D eigenvalue weighted by molar-refractivity contribution is 5.63. The Labute approximate surface area is 131 Å². The Morgan fingerprint density at radius 2 is 2.00 bits per heavy atom. The molecule has 2 aliphatic rings. The number of non-ortho nitro benzene ring substituents is 1. The lowest BCUT2D eigenvalue weighted by Crippen LogP contribution is -2.38. The van der Waals surface area contributed by atoms with Gasteiger partial charge in [-0.05, 0) is 24.8 Å². The number of nitrogens with zero attached hydrogens (tertiary/aromatic N) is 2. The number of hydrogen-bond donors (Lipinski definition) is 0. The summed E-state index contributed by atoms with van der Waals surface area (Å²) in [6, 6.07) is 4.86. The zero-order valence-corrected chi connectivity index (χ0v) is 13.3. The molecule has 0 N–H and O–H groups in total. The molecule has 0 aliphatic carbocycles. The fourth-order valence-electron chi connectivity index (χ4n) is 2.81. The zero-order valence-electron chi connectivity index (χ0n) is 13.3. The highest BCUT2D eigenvalue weighted by Gasteiger charge is 2.24. The minimum atomic E-state index is -0.388. The predicted octanol–water partition coefficient (Wildman–Crippen LogP) is 3.25. The molecular formula is C16H24N2O4. The standard InChI is InChI=1S/C14H18N2O4.C2H6/c17-16(18)12-1-2-13-14(9-12)20-8-5-15(13)10-11-3-6-19-7-4-11;1-2/h1-2,9,11H,3-8,10H2;1-2H3. The molecular weight excluding hydrogens is 284 g/mol. The van der Waals surface area contributed by atoms with E-state index < -0.39 is 0 Å². The van der Waals surface area contributed by atoms with E-state index in [4.69, 9.17) is 9.47 Å². The topological polar surface area (TPSA) is 64.8 Å². The minimum Gasteiger partial charge on any atom is -0.489 e. The van der Waals surface area contributed by atoms with Gasteiger partial charge in [0.2, 0.25) is 0 Å². The highest BCUT2D eigenvalue weighted by atomic mass is 16.6. The number of nitro benzene ring substituents is 1. The van der Waals surface area contributed by atoms with Crippen LogP contribution in [0, 0.1) is 16.0 Å². The fraction of sp³-hybridized carbons (Fsp3) is 0.625.